The number of nitrogens with zero attached hydrogens (tertiary/aromatic N) is 1. The molecule has 1 unspecified atom stereocenters. The molecule has 1 atom stereocenters. The molecule has 18 heavy (non-hydrogen) atoms. The zero-order valence-electron chi connectivity index (χ0n) is 10.4. The van der Waals surface area contributed by atoms with Crippen LogP contribution in [0.4, 0.5) is 0 Å². The van der Waals surface area contributed by atoms with Gasteiger partial charge in [-0.05, 0) is 24.5 Å². The van der Waals surface area contributed by atoms with Gasteiger partial charge in [0.25, 0.3) is 0 Å². The van der Waals surface area contributed by atoms with E-state index >= 15 is 0 Å². The van der Waals surface area contributed by atoms with Gasteiger partial charge in [-0.2, -0.15) is 0 Å². The third-order valence-corrected chi connectivity index (χ3v) is 4.13. The van der Waals surface area contributed by atoms with Gasteiger partial charge in [0.05, 0.1) is 0 Å². The first kappa shape index (κ1) is 12.0. The Morgan fingerprint density at radius 3 is 2.83 bits per heavy atom. The zero-order chi connectivity index (χ0) is 12.4. The van der Waals surface area contributed by atoms with E-state index in [-0.39, 0.29) is 5.38 Å². The van der Waals surface area contributed by atoms with Crippen molar-refractivity contribution in [2.75, 3.05) is 0 Å². The molecule has 0 spiro atoms. The highest BCUT2D eigenvalue weighted by molar-refractivity contribution is 6.20. The van der Waals surface area contributed by atoms with Crippen LogP contribution in [0.25, 0.3) is 11.1 Å². The maximum Gasteiger partial charge on any atom is 0.196 e. The van der Waals surface area contributed by atoms with Gasteiger partial charge in [-0.15, -0.1) is 11.6 Å². The van der Waals surface area contributed by atoms with Gasteiger partial charge < -0.3 is 4.42 Å². The Hall–Kier alpha value is -1.02. The van der Waals surface area contributed by atoms with E-state index in [2.05, 4.69) is 4.98 Å². The van der Waals surface area contributed by atoms with Gasteiger partial charge >= 0.3 is 0 Å². The third-order valence-electron chi connectivity index (χ3n) is 3.80. The number of hydrogen-bond acceptors (Lipinski definition) is 2. The molecular weight excluding hydrogens is 246 g/mol. The molecule has 96 valence electrons. The minimum absolute atomic E-state index is 0.154. The van der Waals surface area contributed by atoms with Crippen LogP contribution in [-0.4, -0.2) is 10.4 Å². The Balaban J connectivity index is 1.64. The lowest BCUT2D eigenvalue weighted by atomic mass is 10.0. The molecule has 1 saturated carbocycles. The van der Waals surface area contributed by atoms with Gasteiger partial charge in [-0.1, -0.05) is 37.8 Å². The molecule has 2 aromatic rings. The van der Waals surface area contributed by atoms with E-state index in [1.807, 2.05) is 24.3 Å². The minimum atomic E-state index is 0.154. The van der Waals surface area contributed by atoms with Gasteiger partial charge in [-0.25, -0.2) is 4.98 Å². The quantitative estimate of drug-likeness (QED) is 0.756. The van der Waals surface area contributed by atoms with Crippen LogP contribution in [-0.2, 0) is 6.42 Å². The molecule has 0 bridgehead atoms. The summed E-state index contributed by atoms with van der Waals surface area (Å²) in [6.45, 7) is 0. The molecule has 1 aliphatic rings. The molecule has 0 N–H and O–H groups in total. The molecule has 0 amide bonds. The summed E-state index contributed by atoms with van der Waals surface area (Å²) in [6, 6.07) is 7.87. The maximum absolute atomic E-state index is 6.42. The van der Waals surface area contributed by atoms with E-state index in [9.17, 15) is 0 Å². The van der Waals surface area contributed by atoms with E-state index < -0.39 is 0 Å². The highest BCUT2D eigenvalue weighted by Gasteiger charge is 2.20. The summed E-state index contributed by atoms with van der Waals surface area (Å²) < 4.78 is 5.71. The summed E-state index contributed by atoms with van der Waals surface area (Å²) in [7, 11) is 0. The molecule has 1 aromatic carbocycles. The Morgan fingerprint density at radius 1 is 1.28 bits per heavy atom. The molecule has 1 aromatic heterocycles. The third kappa shape index (κ3) is 2.69. The fraction of sp³-hybridized carbons (Fsp3) is 0.533. The lowest BCUT2D eigenvalue weighted by Gasteiger charge is -2.12. The van der Waals surface area contributed by atoms with Crippen LogP contribution in [0.3, 0.4) is 0 Å². The zero-order valence-corrected chi connectivity index (χ0v) is 11.2. The van der Waals surface area contributed by atoms with Crippen molar-refractivity contribution in [3.05, 3.63) is 30.2 Å². The van der Waals surface area contributed by atoms with Gasteiger partial charge in [0.15, 0.2) is 11.5 Å². The van der Waals surface area contributed by atoms with Gasteiger partial charge in [-0.3, -0.25) is 0 Å². The van der Waals surface area contributed by atoms with Crippen LogP contribution in [0.5, 0.6) is 0 Å². The van der Waals surface area contributed by atoms with E-state index in [1.54, 1.807) is 0 Å². The molecule has 1 fully saturated rings. The molecule has 3 heteroatoms. The molecular formula is C15H18ClNO. The average Bonchev–Trinajstić information content (AvgIpc) is 2.96. The summed E-state index contributed by atoms with van der Waals surface area (Å²) in [5.74, 6) is 1.59. The summed E-state index contributed by atoms with van der Waals surface area (Å²) >= 11 is 6.42. The number of hydrogen-bond donors (Lipinski definition) is 0. The molecule has 0 saturated heterocycles. The number of halogens is 1. The number of benzene rings is 1. The summed E-state index contributed by atoms with van der Waals surface area (Å²) in [5, 5.41) is 0.154. The minimum Gasteiger partial charge on any atom is -0.441 e. The van der Waals surface area contributed by atoms with Crippen molar-refractivity contribution in [1.82, 2.24) is 4.98 Å². The van der Waals surface area contributed by atoms with E-state index in [1.165, 1.54) is 25.7 Å². The van der Waals surface area contributed by atoms with Crippen molar-refractivity contribution in [2.24, 2.45) is 5.92 Å². The van der Waals surface area contributed by atoms with E-state index in [0.717, 1.165) is 35.7 Å². The lowest BCUT2D eigenvalue weighted by Crippen LogP contribution is -2.09. The van der Waals surface area contributed by atoms with Crippen molar-refractivity contribution in [1.29, 1.82) is 0 Å². The number of fused-ring (bicyclic) bond motifs is 1. The van der Waals surface area contributed by atoms with E-state index in [0.29, 0.717) is 0 Å². The second kappa shape index (κ2) is 5.31. The summed E-state index contributed by atoms with van der Waals surface area (Å²) in [4.78, 5) is 4.48. The van der Waals surface area contributed by atoms with Crippen LogP contribution in [0, 0.1) is 5.92 Å². The first-order valence-electron chi connectivity index (χ1n) is 6.80. The number of alkyl halides is 1. The van der Waals surface area contributed by atoms with Crippen LogP contribution in [0.1, 0.15) is 38.0 Å². The highest BCUT2D eigenvalue weighted by atomic mass is 35.5. The summed E-state index contributed by atoms with van der Waals surface area (Å²) in [6.07, 6.45) is 7.27. The monoisotopic (exact) mass is 263 g/mol. The summed E-state index contributed by atoms with van der Waals surface area (Å²) in [5.41, 5.74) is 1.79. The predicted octanol–water partition coefficient (Wildman–Crippen LogP) is 4.56. The van der Waals surface area contributed by atoms with Crippen molar-refractivity contribution in [3.8, 4) is 0 Å². The van der Waals surface area contributed by atoms with Crippen molar-refractivity contribution >= 4 is 22.7 Å². The van der Waals surface area contributed by atoms with Crippen LogP contribution in [0.2, 0.25) is 0 Å². The molecule has 3 rings (SSSR count). The largest absolute Gasteiger partial charge is 0.441 e. The molecule has 0 aliphatic heterocycles. The number of oxazole rings is 1. The Labute approximate surface area is 112 Å². The Morgan fingerprint density at radius 2 is 2.06 bits per heavy atom. The van der Waals surface area contributed by atoms with Gasteiger partial charge in [0.1, 0.15) is 5.52 Å². The standard InChI is InChI=1S/C15H18ClNO/c16-12(9-11-5-1-2-6-11)10-15-17-13-7-3-4-8-14(13)18-15/h3-4,7-8,11-12H,1-2,5-6,9-10H2. The second-order valence-corrected chi connectivity index (χ2v) is 5.88. The first-order chi connectivity index (χ1) is 8.81. The molecule has 1 heterocycles. The van der Waals surface area contributed by atoms with E-state index in [4.69, 9.17) is 16.0 Å². The van der Waals surface area contributed by atoms with Crippen molar-refractivity contribution < 1.29 is 4.42 Å². The van der Waals surface area contributed by atoms with Gasteiger partial charge in [0.2, 0.25) is 0 Å². The topological polar surface area (TPSA) is 26.0 Å². The maximum atomic E-state index is 6.42. The van der Waals surface area contributed by atoms with Gasteiger partial charge in [0, 0.05) is 11.8 Å². The predicted molar refractivity (Wildman–Crippen MR) is 73.9 cm³/mol. The lowest BCUT2D eigenvalue weighted by molar-refractivity contribution is 0.458. The Kier molecular flexibility index (Phi) is 3.55. The van der Waals surface area contributed by atoms with Crippen LogP contribution in [0.15, 0.2) is 28.7 Å². The molecule has 2 nitrogen and oxygen atoms in total. The molecule has 1 aliphatic carbocycles. The number of rotatable bonds is 4. The van der Waals surface area contributed by atoms with Crippen molar-refractivity contribution in [2.45, 2.75) is 43.9 Å². The Bertz CT molecular complexity index is 483. The normalized spacial score (nSPS) is 18.5. The number of aromatic nitrogens is 1. The average molecular weight is 264 g/mol. The van der Waals surface area contributed by atoms with Crippen LogP contribution < -0.4 is 0 Å². The SMILES string of the molecule is ClC(Cc1nc2ccccc2o1)CC1CCCC1. The molecule has 0 radical (unpaired) electrons. The smallest absolute Gasteiger partial charge is 0.196 e. The van der Waals surface area contributed by atoms with Crippen molar-refractivity contribution in [3.63, 3.8) is 0 Å². The number of para-hydroxylation sites is 2. The fourth-order valence-electron chi connectivity index (χ4n) is 2.89. The fourth-order valence-corrected chi connectivity index (χ4v) is 3.27. The first-order valence-corrected chi connectivity index (χ1v) is 7.23. The van der Waals surface area contributed by atoms with Crippen LogP contribution >= 0.6 is 11.6 Å². The highest BCUT2D eigenvalue weighted by Crippen LogP contribution is 2.31. The second-order valence-electron chi connectivity index (χ2n) is 5.26.